The van der Waals surface area contributed by atoms with Crippen molar-refractivity contribution < 1.29 is 14.3 Å². The average molecular weight is 658 g/mol. The predicted octanol–water partition coefficient (Wildman–Crippen LogP) is 10.9. The van der Waals surface area contributed by atoms with E-state index in [1.807, 2.05) is 43.3 Å². The first-order valence-electron chi connectivity index (χ1n) is 14.0. The zero-order valence-electron chi connectivity index (χ0n) is 24.8. The molecule has 9 heteroatoms. The Morgan fingerprint density at radius 3 is 2.09 bits per heavy atom. The molecule has 5 rings (SSSR count). The zero-order chi connectivity index (χ0) is 31.2. The van der Waals surface area contributed by atoms with Gasteiger partial charge in [-0.3, -0.25) is 0 Å². The van der Waals surface area contributed by atoms with E-state index in [0.717, 1.165) is 58.0 Å². The number of hydrogen-bond donors (Lipinski definition) is 1. The highest BCUT2D eigenvalue weighted by molar-refractivity contribution is 6.53. The van der Waals surface area contributed by atoms with E-state index in [2.05, 4.69) is 50.0 Å². The third-order valence-electron chi connectivity index (χ3n) is 8.05. The van der Waals surface area contributed by atoms with E-state index in [0.29, 0.717) is 17.1 Å². The number of ether oxygens (including phenoxy) is 2. The van der Waals surface area contributed by atoms with Crippen LogP contribution in [0, 0.1) is 20.8 Å². The molecule has 0 saturated heterocycles. The fraction of sp³-hybridized carbons (Fsp3) is 0.265. The van der Waals surface area contributed by atoms with Crippen LogP contribution in [0.4, 0.5) is 17.1 Å². The maximum absolute atomic E-state index is 13.3. The van der Waals surface area contributed by atoms with Crippen LogP contribution in [0.3, 0.4) is 0 Å². The minimum absolute atomic E-state index is 0.0110. The standard InChI is InChI=1S/C34H32Cl4N2O3/c1-7-40(8-2)20-12-13-21-25(15-20)43-24-14-19(5)23(39-33-17(3)10-9-11-18(33)4)16-22(24)26(21)27-28(34(41)42-6)30(36)32(38)31(37)29(27)35/h9-16,26,39H,7-8H2,1-6H3. The summed E-state index contributed by atoms with van der Waals surface area (Å²) in [4.78, 5) is 15.5. The largest absolute Gasteiger partial charge is 0.465 e. The second kappa shape index (κ2) is 12.5. The molecule has 1 aliphatic rings. The summed E-state index contributed by atoms with van der Waals surface area (Å²) in [5.41, 5.74) is 8.18. The monoisotopic (exact) mass is 656 g/mol. The molecule has 1 unspecified atom stereocenters. The van der Waals surface area contributed by atoms with Crippen LogP contribution < -0.4 is 15.0 Å². The maximum Gasteiger partial charge on any atom is 0.339 e. The number of halogens is 4. The van der Waals surface area contributed by atoms with Crippen molar-refractivity contribution in [2.75, 3.05) is 30.4 Å². The Bertz CT molecular complexity index is 1730. The molecule has 1 aliphatic heterocycles. The molecule has 0 aromatic heterocycles. The summed E-state index contributed by atoms with van der Waals surface area (Å²) >= 11 is 26.8. The summed E-state index contributed by atoms with van der Waals surface area (Å²) < 4.78 is 11.8. The Labute approximate surface area is 272 Å². The van der Waals surface area contributed by atoms with E-state index in [4.69, 9.17) is 55.9 Å². The number of carbonyl (C=O) groups excluding carboxylic acids is 1. The Hall–Kier alpha value is -3.09. The molecule has 0 spiro atoms. The van der Waals surface area contributed by atoms with E-state index in [1.54, 1.807) is 0 Å². The van der Waals surface area contributed by atoms with Gasteiger partial charge in [0.05, 0.1) is 32.8 Å². The van der Waals surface area contributed by atoms with Crippen LogP contribution in [-0.2, 0) is 4.74 Å². The summed E-state index contributed by atoms with van der Waals surface area (Å²) in [6, 6.07) is 16.3. The minimum Gasteiger partial charge on any atom is -0.465 e. The van der Waals surface area contributed by atoms with Gasteiger partial charge in [-0.2, -0.15) is 0 Å². The number of rotatable bonds is 7. The van der Waals surface area contributed by atoms with Gasteiger partial charge in [0.2, 0.25) is 0 Å². The lowest BCUT2D eigenvalue weighted by atomic mass is 9.79. The van der Waals surface area contributed by atoms with Crippen molar-refractivity contribution >= 4 is 69.4 Å². The van der Waals surface area contributed by atoms with Crippen LogP contribution in [0.25, 0.3) is 0 Å². The molecule has 0 amide bonds. The molecule has 1 atom stereocenters. The highest BCUT2D eigenvalue weighted by Gasteiger charge is 2.37. The number of methoxy groups -OCH3 is 1. The summed E-state index contributed by atoms with van der Waals surface area (Å²) in [5.74, 6) is 0.0203. The van der Waals surface area contributed by atoms with E-state index in [-0.39, 0.29) is 25.7 Å². The molecule has 224 valence electrons. The Kier molecular flexibility index (Phi) is 9.10. The zero-order valence-corrected chi connectivity index (χ0v) is 27.8. The van der Waals surface area contributed by atoms with E-state index < -0.39 is 11.9 Å². The number of nitrogens with one attached hydrogen (secondary N) is 1. The molecule has 0 fully saturated rings. The number of hydrogen-bond acceptors (Lipinski definition) is 5. The topological polar surface area (TPSA) is 50.8 Å². The number of nitrogens with zero attached hydrogens (tertiary/aromatic N) is 1. The second-order valence-electron chi connectivity index (χ2n) is 10.6. The molecule has 0 aliphatic carbocycles. The lowest BCUT2D eigenvalue weighted by molar-refractivity contribution is 0.0599. The summed E-state index contributed by atoms with van der Waals surface area (Å²) in [5, 5.41) is 3.78. The molecule has 0 bridgehead atoms. The van der Waals surface area contributed by atoms with Crippen LogP contribution in [0.15, 0.2) is 48.5 Å². The Morgan fingerprint density at radius 1 is 0.837 bits per heavy atom. The van der Waals surface area contributed by atoms with E-state index in [9.17, 15) is 4.79 Å². The van der Waals surface area contributed by atoms with Crippen LogP contribution in [0.1, 0.15) is 63.5 Å². The lowest BCUT2D eigenvalue weighted by Gasteiger charge is -2.33. The highest BCUT2D eigenvalue weighted by atomic mass is 35.5. The van der Waals surface area contributed by atoms with Crippen molar-refractivity contribution in [3.8, 4) is 11.5 Å². The first-order valence-corrected chi connectivity index (χ1v) is 15.5. The molecular weight excluding hydrogens is 626 g/mol. The number of benzene rings is 4. The summed E-state index contributed by atoms with van der Waals surface area (Å²) in [6.45, 7) is 12.0. The van der Waals surface area contributed by atoms with Gasteiger partial charge in [0, 0.05) is 58.8 Å². The van der Waals surface area contributed by atoms with Crippen LogP contribution in [0.2, 0.25) is 20.1 Å². The third-order valence-corrected chi connectivity index (χ3v) is 9.86. The van der Waals surface area contributed by atoms with Crippen molar-refractivity contribution in [3.63, 3.8) is 0 Å². The van der Waals surface area contributed by atoms with Gasteiger partial charge in [0.15, 0.2) is 0 Å². The maximum atomic E-state index is 13.3. The van der Waals surface area contributed by atoms with Gasteiger partial charge < -0.3 is 19.7 Å². The first-order chi connectivity index (χ1) is 20.5. The lowest BCUT2D eigenvalue weighted by Crippen LogP contribution is -2.22. The number of carbonyl (C=O) groups is 1. The van der Waals surface area contributed by atoms with Gasteiger partial charge in [-0.1, -0.05) is 70.7 Å². The van der Waals surface area contributed by atoms with Crippen molar-refractivity contribution in [1.82, 2.24) is 0 Å². The normalized spacial score (nSPS) is 13.6. The number of aryl methyl sites for hydroxylation is 3. The average Bonchev–Trinajstić information content (AvgIpc) is 2.99. The quantitative estimate of drug-likeness (QED) is 0.107. The number of para-hydroxylation sites is 1. The minimum atomic E-state index is -0.671. The molecule has 4 aromatic rings. The van der Waals surface area contributed by atoms with Crippen molar-refractivity contribution in [2.24, 2.45) is 0 Å². The van der Waals surface area contributed by atoms with Gasteiger partial charge in [0.1, 0.15) is 11.5 Å². The number of esters is 1. The van der Waals surface area contributed by atoms with Crippen molar-refractivity contribution in [3.05, 3.63) is 108 Å². The molecular formula is C34H32Cl4N2O3. The fourth-order valence-electron chi connectivity index (χ4n) is 5.75. The van der Waals surface area contributed by atoms with Gasteiger partial charge in [-0.15, -0.1) is 0 Å². The molecule has 0 saturated carbocycles. The summed E-state index contributed by atoms with van der Waals surface area (Å²) in [6.07, 6.45) is 0. The number of fused-ring (bicyclic) bond motifs is 2. The predicted molar refractivity (Wildman–Crippen MR) is 179 cm³/mol. The van der Waals surface area contributed by atoms with Gasteiger partial charge >= 0.3 is 5.97 Å². The summed E-state index contributed by atoms with van der Waals surface area (Å²) in [7, 11) is 1.29. The fourth-order valence-corrected chi connectivity index (χ4v) is 6.80. The van der Waals surface area contributed by atoms with Gasteiger partial charge in [-0.25, -0.2) is 4.79 Å². The molecule has 0 radical (unpaired) electrons. The molecule has 4 aromatic carbocycles. The molecule has 5 nitrogen and oxygen atoms in total. The van der Waals surface area contributed by atoms with Gasteiger partial charge in [-0.05, 0) is 69.5 Å². The van der Waals surface area contributed by atoms with E-state index in [1.165, 1.54) is 7.11 Å². The van der Waals surface area contributed by atoms with Gasteiger partial charge in [0.25, 0.3) is 0 Å². The molecule has 1 N–H and O–H groups in total. The third kappa shape index (κ3) is 5.53. The Balaban J connectivity index is 1.82. The van der Waals surface area contributed by atoms with Crippen molar-refractivity contribution in [2.45, 2.75) is 40.5 Å². The highest BCUT2D eigenvalue weighted by Crippen LogP contribution is 2.55. The van der Waals surface area contributed by atoms with Crippen LogP contribution in [-0.4, -0.2) is 26.2 Å². The Morgan fingerprint density at radius 2 is 1.47 bits per heavy atom. The smallest absolute Gasteiger partial charge is 0.339 e. The van der Waals surface area contributed by atoms with Crippen LogP contribution in [0.5, 0.6) is 11.5 Å². The molecule has 43 heavy (non-hydrogen) atoms. The molecule has 1 heterocycles. The SMILES string of the molecule is CCN(CC)c1ccc2c(c1)Oc1cc(C)c(Nc3c(C)cccc3C)cc1C2c1c(Cl)c(Cl)c(Cl)c(Cl)c1C(=O)OC. The number of anilines is 3. The van der Waals surface area contributed by atoms with E-state index >= 15 is 0 Å². The van der Waals surface area contributed by atoms with Crippen molar-refractivity contribution in [1.29, 1.82) is 0 Å². The van der Waals surface area contributed by atoms with Crippen LogP contribution >= 0.6 is 46.4 Å². The first kappa shape index (κ1) is 31.3. The second-order valence-corrected chi connectivity index (χ2v) is 12.1.